The lowest BCUT2D eigenvalue weighted by Gasteiger charge is -2.39. The minimum Gasteiger partial charge on any atom is -0.457 e. The summed E-state index contributed by atoms with van der Waals surface area (Å²) < 4.78 is 15.5. The third kappa shape index (κ3) is 3.74. The largest absolute Gasteiger partial charge is 0.457 e. The number of aromatic nitrogens is 3. The van der Waals surface area contributed by atoms with Crippen LogP contribution in [-0.2, 0) is 5.41 Å². The number of furan rings is 1. The van der Waals surface area contributed by atoms with Crippen LogP contribution in [0.1, 0.15) is 22.3 Å². The molecule has 1 aliphatic carbocycles. The van der Waals surface area contributed by atoms with Crippen molar-refractivity contribution in [2.45, 2.75) is 5.41 Å². The predicted molar refractivity (Wildman–Crippen MR) is 224 cm³/mol. The van der Waals surface area contributed by atoms with Crippen molar-refractivity contribution < 1.29 is 9.15 Å². The molecule has 0 fully saturated rings. The van der Waals surface area contributed by atoms with Crippen LogP contribution in [0.25, 0.3) is 83.0 Å². The van der Waals surface area contributed by atoms with Gasteiger partial charge in [0, 0.05) is 43.6 Å². The van der Waals surface area contributed by atoms with E-state index in [1.807, 2.05) is 18.2 Å². The van der Waals surface area contributed by atoms with E-state index in [2.05, 4.69) is 162 Å². The topological polar surface area (TPSA) is 53.1 Å². The summed E-state index contributed by atoms with van der Waals surface area (Å²) in [7, 11) is 0. The summed E-state index contributed by atoms with van der Waals surface area (Å²) in [5.74, 6) is 2.35. The maximum atomic E-state index is 6.64. The first-order valence-electron chi connectivity index (χ1n) is 19.0. The number of nitrogens with zero attached hydrogens (tertiary/aromatic N) is 3. The average molecular weight is 716 g/mol. The second-order valence-corrected chi connectivity index (χ2v) is 14.8. The molecule has 0 radical (unpaired) electrons. The van der Waals surface area contributed by atoms with Gasteiger partial charge in [-0.25, -0.2) is 9.97 Å². The molecule has 0 N–H and O–H groups in total. The van der Waals surface area contributed by atoms with Gasteiger partial charge in [0.1, 0.15) is 22.7 Å². The summed E-state index contributed by atoms with van der Waals surface area (Å²) in [5.41, 5.74) is 13.0. The van der Waals surface area contributed by atoms with Gasteiger partial charge >= 0.3 is 0 Å². The van der Waals surface area contributed by atoms with Crippen LogP contribution >= 0.6 is 0 Å². The van der Waals surface area contributed by atoms with E-state index >= 15 is 0 Å². The smallest absolute Gasteiger partial charge is 0.235 e. The highest BCUT2D eigenvalue weighted by Crippen LogP contribution is 2.62. The third-order valence-electron chi connectivity index (χ3n) is 12.1. The minimum absolute atomic E-state index is 0.598. The zero-order chi connectivity index (χ0) is 36.5. The third-order valence-corrected chi connectivity index (χ3v) is 12.1. The van der Waals surface area contributed by atoms with Gasteiger partial charge in [0.15, 0.2) is 0 Å². The highest BCUT2D eigenvalue weighted by Gasteiger charge is 2.51. The number of para-hydroxylation sites is 6. The first-order valence-corrected chi connectivity index (χ1v) is 19.0. The van der Waals surface area contributed by atoms with Gasteiger partial charge in [-0.3, -0.25) is 4.57 Å². The summed E-state index contributed by atoms with van der Waals surface area (Å²) in [4.78, 5) is 10.9. The highest BCUT2D eigenvalue weighted by molar-refractivity contribution is 6.13. The van der Waals surface area contributed by atoms with E-state index in [0.29, 0.717) is 5.95 Å². The van der Waals surface area contributed by atoms with E-state index in [0.717, 1.165) is 88.5 Å². The van der Waals surface area contributed by atoms with Crippen LogP contribution in [0.3, 0.4) is 0 Å². The van der Waals surface area contributed by atoms with Gasteiger partial charge in [-0.1, -0.05) is 127 Å². The fraction of sp³-hybridized carbons (Fsp3) is 0.0196. The Balaban J connectivity index is 1.15. The fourth-order valence-corrected chi connectivity index (χ4v) is 9.83. The van der Waals surface area contributed by atoms with Gasteiger partial charge in [-0.05, 0) is 70.8 Å². The first kappa shape index (κ1) is 29.9. The summed E-state index contributed by atoms with van der Waals surface area (Å²) in [6.45, 7) is 0. The normalized spacial score (nSPS) is 13.6. The molecular formula is C51H29N3O2. The molecule has 56 heavy (non-hydrogen) atoms. The van der Waals surface area contributed by atoms with Gasteiger partial charge in [-0.2, -0.15) is 0 Å². The second-order valence-electron chi connectivity index (χ2n) is 14.8. The number of ether oxygens (including phenoxy) is 1. The number of fused-ring (bicyclic) bond motifs is 16. The molecule has 1 aliphatic heterocycles. The molecular weight excluding hydrogens is 687 g/mol. The van der Waals surface area contributed by atoms with Gasteiger partial charge in [0.25, 0.3) is 0 Å². The van der Waals surface area contributed by atoms with Gasteiger partial charge in [0.2, 0.25) is 5.95 Å². The lowest BCUT2D eigenvalue weighted by atomic mass is 9.66. The Morgan fingerprint density at radius 3 is 1.91 bits per heavy atom. The number of rotatable bonds is 2. The van der Waals surface area contributed by atoms with E-state index in [9.17, 15) is 0 Å². The number of hydrogen-bond donors (Lipinski definition) is 0. The Labute approximate surface area is 320 Å². The first-order chi connectivity index (χ1) is 27.8. The zero-order valence-electron chi connectivity index (χ0n) is 29.9. The molecule has 13 rings (SSSR count). The van der Waals surface area contributed by atoms with Crippen molar-refractivity contribution in [3.8, 4) is 39.8 Å². The Kier molecular flexibility index (Phi) is 5.77. The molecule has 11 aromatic rings. The summed E-state index contributed by atoms with van der Waals surface area (Å²) in [5, 5.41) is 5.42. The van der Waals surface area contributed by atoms with Crippen molar-refractivity contribution in [2.75, 3.05) is 0 Å². The summed E-state index contributed by atoms with van der Waals surface area (Å²) >= 11 is 0. The van der Waals surface area contributed by atoms with E-state index in [4.69, 9.17) is 19.1 Å². The van der Waals surface area contributed by atoms with Crippen molar-refractivity contribution >= 4 is 54.6 Å². The molecule has 0 atom stereocenters. The van der Waals surface area contributed by atoms with Crippen LogP contribution < -0.4 is 4.74 Å². The van der Waals surface area contributed by atoms with Crippen molar-refractivity contribution in [3.05, 3.63) is 198 Å². The van der Waals surface area contributed by atoms with Crippen molar-refractivity contribution in [2.24, 2.45) is 0 Å². The molecule has 5 nitrogen and oxygen atoms in total. The molecule has 0 unspecified atom stereocenters. The average Bonchev–Trinajstić information content (AvgIpc) is 3.89. The maximum absolute atomic E-state index is 6.64. The molecule has 0 saturated heterocycles. The van der Waals surface area contributed by atoms with E-state index in [1.165, 1.54) is 22.3 Å². The Morgan fingerprint density at radius 1 is 0.429 bits per heavy atom. The molecule has 5 heteroatoms. The van der Waals surface area contributed by atoms with E-state index in [-0.39, 0.29) is 0 Å². The van der Waals surface area contributed by atoms with Crippen LogP contribution in [0.5, 0.6) is 11.5 Å². The van der Waals surface area contributed by atoms with Crippen LogP contribution in [0, 0.1) is 0 Å². The predicted octanol–water partition coefficient (Wildman–Crippen LogP) is 12.8. The van der Waals surface area contributed by atoms with Crippen LogP contribution in [0.15, 0.2) is 180 Å². The van der Waals surface area contributed by atoms with Gasteiger partial charge in [-0.15, -0.1) is 0 Å². The van der Waals surface area contributed by atoms with Crippen LogP contribution in [0.2, 0.25) is 0 Å². The van der Waals surface area contributed by atoms with Crippen molar-refractivity contribution in [3.63, 3.8) is 0 Å². The maximum Gasteiger partial charge on any atom is 0.235 e. The summed E-state index contributed by atoms with van der Waals surface area (Å²) in [6, 6.07) is 62.2. The highest BCUT2D eigenvalue weighted by atomic mass is 16.5. The van der Waals surface area contributed by atoms with Gasteiger partial charge < -0.3 is 9.15 Å². The van der Waals surface area contributed by atoms with E-state index < -0.39 is 5.41 Å². The lowest BCUT2D eigenvalue weighted by molar-refractivity contribution is 0.436. The van der Waals surface area contributed by atoms with Crippen molar-refractivity contribution in [1.29, 1.82) is 0 Å². The number of benzene rings is 8. The van der Waals surface area contributed by atoms with E-state index in [1.54, 1.807) is 0 Å². The minimum atomic E-state index is -0.598. The Bertz CT molecular complexity index is 3440. The molecule has 1 spiro atoms. The molecule has 3 aromatic heterocycles. The quantitative estimate of drug-likeness (QED) is 0.179. The lowest BCUT2D eigenvalue weighted by Crippen LogP contribution is -2.32. The molecule has 0 amide bonds. The standard InChI is InChI=1S/C51H29N3O2/c1-5-20-38-30(14-1)36-28-37-31-15-3-9-24-43(31)54(44(37)29-41(36)51(38)39-21-6-11-26-46(39)55-47-27-12-7-22-40(47)51)50-52-42-23-8-2-17-34(42)48(53-50)35-19-13-18-33-32-16-4-10-25-45(32)56-49(33)35/h1-29H. The summed E-state index contributed by atoms with van der Waals surface area (Å²) in [6.07, 6.45) is 0. The van der Waals surface area contributed by atoms with Crippen LogP contribution in [-0.4, -0.2) is 14.5 Å². The molecule has 260 valence electrons. The van der Waals surface area contributed by atoms with Crippen LogP contribution in [0.4, 0.5) is 0 Å². The monoisotopic (exact) mass is 715 g/mol. The molecule has 4 heterocycles. The Morgan fingerprint density at radius 2 is 1.07 bits per heavy atom. The molecule has 0 bridgehead atoms. The van der Waals surface area contributed by atoms with Crippen molar-refractivity contribution in [1.82, 2.24) is 14.5 Å². The SMILES string of the molecule is c1ccc2c(c1)Oc1ccccc1C21c2ccccc2-c2cc3c4ccccc4n(-c4nc(-c5cccc6c5oc5ccccc56)c5ccccc5n4)c3cc21. The fourth-order valence-electron chi connectivity index (χ4n) is 9.83. The molecule has 2 aliphatic rings. The molecule has 8 aromatic carbocycles. The number of hydrogen-bond acceptors (Lipinski definition) is 4. The Hall–Kier alpha value is -7.50. The second kappa shape index (κ2) is 10.8. The zero-order valence-corrected chi connectivity index (χ0v) is 29.9. The molecule has 0 saturated carbocycles. The van der Waals surface area contributed by atoms with Gasteiger partial charge in [0.05, 0.1) is 27.7 Å².